The van der Waals surface area contributed by atoms with Crippen molar-refractivity contribution in [1.29, 1.82) is 0 Å². The zero-order valence-electron chi connectivity index (χ0n) is 12.7. The summed E-state index contributed by atoms with van der Waals surface area (Å²) in [5.41, 5.74) is 1.16. The summed E-state index contributed by atoms with van der Waals surface area (Å²) < 4.78 is 1.03. The van der Waals surface area contributed by atoms with E-state index in [1.165, 1.54) is 11.3 Å². The highest BCUT2D eigenvalue weighted by atomic mass is 79.9. The smallest absolute Gasteiger partial charge is 0.223 e. The van der Waals surface area contributed by atoms with E-state index in [9.17, 15) is 9.59 Å². The molecule has 1 aliphatic rings. The van der Waals surface area contributed by atoms with Crippen molar-refractivity contribution in [2.75, 3.05) is 6.54 Å². The van der Waals surface area contributed by atoms with Gasteiger partial charge in [-0.15, -0.1) is 11.3 Å². The third kappa shape index (κ3) is 3.90. The molecule has 1 fully saturated rings. The van der Waals surface area contributed by atoms with Gasteiger partial charge in [-0.25, -0.2) is 0 Å². The number of nitrogens with zero attached hydrogens (tertiary/aromatic N) is 1. The Bertz CT molecular complexity index is 699. The van der Waals surface area contributed by atoms with Crippen LogP contribution in [0.25, 0.3) is 0 Å². The second-order valence-corrected chi connectivity index (χ2v) is 7.56. The number of carbonyl (C=O) groups is 2. The number of benzene rings is 1. The van der Waals surface area contributed by atoms with E-state index >= 15 is 0 Å². The number of rotatable bonds is 5. The van der Waals surface area contributed by atoms with Gasteiger partial charge in [0.1, 0.15) is 0 Å². The van der Waals surface area contributed by atoms with Gasteiger partial charge < -0.3 is 4.90 Å². The molecule has 23 heavy (non-hydrogen) atoms. The Kier molecular flexibility index (Phi) is 5.28. The van der Waals surface area contributed by atoms with Crippen molar-refractivity contribution in [3.63, 3.8) is 0 Å². The van der Waals surface area contributed by atoms with Gasteiger partial charge in [-0.2, -0.15) is 0 Å². The van der Waals surface area contributed by atoms with Crippen LogP contribution in [0.1, 0.15) is 47.0 Å². The lowest BCUT2D eigenvalue weighted by atomic mass is 10.0. The molecule has 0 N–H and O–H groups in total. The Morgan fingerprint density at radius 3 is 2.83 bits per heavy atom. The van der Waals surface area contributed by atoms with E-state index in [2.05, 4.69) is 28.1 Å². The minimum absolute atomic E-state index is 0.0616. The van der Waals surface area contributed by atoms with Crippen LogP contribution < -0.4 is 0 Å². The van der Waals surface area contributed by atoms with Crippen LogP contribution in [0.3, 0.4) is 0 Å². The topological polar surface area (TPSA) is 37.4 Å². The molecule has 0 bridgehead atoms. The lowest BCUT2D eigenvalue weighted by molar-refractivity contribution is -0.132. The third-order valence-electron chi connectivity index (χ3n) is 4.17. The van der Waals surface area contributed by atoms with Crippen molar-refractivity contribution < 1.29 is 9.59 Å². The first-order valence-electron chi connectivity index (χ1n) is 7.77. The maximum atomic E-state index is 12.6. The van der Waals surface area contributed by atoms with Crippen LogP contribution in [0, 0.1) is 0 Å². The molecule has 5 heteroatoms. The predicted molar refractivity (Wildman–Crippen MR) is 95.7 cm³/mol. The molecule has 0 spiro atoms. The van der Waals surface area contributed by atoms with E-state index in [1.54, 1.807) is 0 Å². The van der Waals surface area contributed by atoms with Gasteiger partial charge in [-0.3, -0.25) is 9.59 Å². The lowest BCUT2D eigenvalue weighted by Gasteiger charge is -2.25. The van der Waals surface area contributed by atoms with Crippen molar-refractivity contribution in [1.82, 2.24) is 4.90 Å². The average Bonchev–Trinajstić information content (AvgIpc) is 3.23. The summed E-state index contributed by atoms with van der Waals surface area (Å²) in [6.07, 6.45) is 2.59. The molecule has 2 aromatic rings. The summed E-state index contributed by atoms with van der Waals surface area (Å²) in [5.74, 6) is 0.143. The minimum atomic E-state index is 0.0616. The van der Waals surface area contributed by atoms with E-state index in [1.807, 2.05) is 34.5 Å². The third-order valence-corrected chi connectivity index (χ3v) is 5.57. The van der Waals surface area contributed by atoms with Gasteiger partial charge in [-0.1, -0.05) is 34.1 Å². The van der Waals surface area contributed by atoms with Gasteiger partial charge in [0.2, 0.25) is 5.91 Å². The molecule has 3 nitrogen and oxygen atoms in total. The van der Waals surface area contributed by atoms with Gasteiger partial charge in [0.15, 0.2) is 5.78 Å². The van der Waals surface area contributed by atoms with Crippen molar-refractivity contribution in [3.05, 3.63) is 56.7 Å². The Hall–Kier alpha value is -1.46. The predicted octanol–water partition coefficient (Wildman–Crippen LogP) is 4.84. The first-order chi connectivity index (χ1) is 11.1. The van der Waals surface area contributed by atoms with Gasteiger partial charge in [-0.05, 0) is 42.0 Å². The Morgan fingerprint density at radius 2 is 2.09 bits per heavy atom. The largest absolute Gasteiger partial charge is 0.336 e. The summed E-state index contributed by atoms with van der Waals surface area (Å²) in [5, 5.41) is 1.89. The van der Waals surface area contributed by atoms with Crippen molar-refractivity contribution in [2.24, 2.45) is 0 Å². The van der Waals surface area contributed by atoms with Crippen LogP contribution in [-0.4, -0.2) is 23.1 Å². The summed E-state index contributed by atoms with van der Waals surface area (Å²) in [6, 6.07) is 12.0. The van der Waals surface area contributed by atoms with Gasteiger partial charge in [0.25, 0.3) is 0 Å². The highest BCUT2D eigenvalue weighted by Crippen LogP contribution is 2.33. The molecule has 0 radical (unpaired) electrons. The lowest BCUT2D eigenvalue weighted by Crippen LogP contribution is -2.30. The van der Waals surface area contributed by atoms with Gasteiger partial charge >= 0.3 is 0 Å². The van der Waals surface area contributed by atoms with Crippen LogP contribution in [0.4, 0.5) is 0 Å². The molecule has 1 atom stereocenters. The van der Waals surface area contributed by atoms with E-state index in [0.717, 1.165) is 34.3 Å². The average molecular weight is 392 g/mol. The molecule has 3 rings (SSSR count). The molecule has 1 aromatic heterocycles. The number of halogens is 1. The number of likely N-dealkylation sites (tertiary alicyclic amines) is 1. The number of ketones is 1. The Balaban J connectivity index is 1.63. The Morgan fingerprint density at radius 1 is 1.22 bits per heavy atom. The molecule has 0 unspecified atom stereocenters. The second-order valence-electron chi connectivity index (χ2n) is 5.70. The maximum Gasteiger partial charge on any atom is 0.223 e. The zero-order valence-corrected chi connectivity index (χ0v) is 15.1. The van der Waals surface area contributed by atoms with Gasteiger partial charge in [0.05, 0.1) is 10.9 Å². The number of Topliss-reactive ketones (excluding diaryl/α,β-unsaturated/α-hetero) is 1. The van der Waals surface area contributed by atoms with E-state index in [-0.39, 0.29) is 17.7 Å². The van der Waals surface area contributed by atoms with Crippen LogP contribution in [0.5, 0.6) is 0 Å². The summed E-state index contributed by atoms with van der Waals surface area (Å²) in [7, 11) is 0. The van der Waals surface area contributed by atoms with Crippen LogP contribution in [0.15, 0.2) is 46.3 Å². The molecule has 1 saturated heterocycles. The second kappa shape index (κ2) is 7.41. The van der Waals surface area contributed by atoms with Crippen LogP contribution in [-0.2, 0) is 4.79 Å². The quantitative estimate of drug-likeness (QED) is 0.683. The van der Waals surface area contributed by atoms with Crippen LogP contribution >= 0.6 is 27.3 Å². The number of hydrogen-bond acceptors (Lipinski definition) is 3. The number of thiophene rings is 1. The molecular formula is C18H18BrNO2S. The molecule has 0 saturated carbocycles. The molecule has 0 aliphatic carbocycles. The van der Waals surface area contributed by atoms with Crippen molar-refractivity contribution >= 4 is 39.0 Å². The summed E-state index contributed by atoms with van der Waals surface area (Å²) in [6.45, 7) is 0.781. The normalized spacial score (nSPS) is 17.4. The number of carbonyl (C=O) groups excluding carboxylic acids is 2. The first kappa shape index (κ1) is 16.4. The van der Waals surface area contributed by atoms with Gasteiger partial charge in [0, 0.05) is 23.9 Å². The number of hydrogen-bond donors (Lipinski definition) is 0. The van der Waals surface area contributed by atoms with E-state index in [0.29, 0.717) is 12.8 Å². The Labute approximate surface area is 148 Å². The molecular weight excluding hydrogens is 374 g/mol. The fourth-order valence-electron chi connectivity index (χ4n) is 3.05. The molecule has 2 heterocycles. The highest BCUT2D eigenvalue weighted by Gasteiger charge is 2.30. The molecule has 1 amide bonds. The fourth-order valence-corrected chi connectivity index (χ4v) is 4.16. The monoisotopic (exact) mass is 391 g/mol. The highest BCUT2D eigenvalue weighted by molar-refractivity contribution is 9.10. The fraction of sp³-hybridized carbons (Fsp3) is 0.333. The van der Waals surface area contributed by atoms with Crippen LogP contribution in [0.2, 0.25) is 0 Å². The number of amides is 1. The standard InChI is InChI=1S/C18H18BrNO2S/c19-14-5-1-4-13(12-14)15-6-2-10-20(15)18(22)9-8-16(21)17-7-3-11-23-17/h1,3-5,7,11-12,15H,2,6,8-10H2/t15-/m1/s1. The SMILES string of the molecule is O=C(CCC(=O)N1CCC[C@@H]1c1cccc(Br)c1)c1cccs1. The summed E-state index contributed by atoms with van der Waals surface area (Å²) in [4.78, 5) is 27.3. The first-order valence-corrected chi connectivity index (χ1v) is 9.44. The van der Waals surface area contributed by atoms with Crippen molar-refractivity contribution in [2.45, 2.75) is 31.7 Å². The maximum absolute atomic E-state index is 12.6. The van der Waals surface area contributed by atoms with Crippen molar-refractivity contribution in [3.8, 4) is 0 Å². The zero-order chi connectivity index (χ0) is 16.2. The summed E-state index contributed by atoms with van der Waals surface area (Å²) >= 11 is 4.93. The molecule has 1 aliphatic heterocycles. The molecule has 1 aromatic carbocycles. The van der Waals surface area contributed by atoms with E-state index in [4.69, 9.17) is 0 Å². The van der Waals surface area contributed by atoms with E-state index < -0.39 is 0 Å². The minimum Gasteiger partial charge on any atom is -0.336 e. The molecule has 120 valence electrons.